The summed E-state index contributed by atoms with van der Waals surface area (Å²) in [5.74, 6) is 0.235. The van der Waals surface area contributed by atoms with Gasteiger partial charge in [0.15, 0.2) is 5.88 Å². The van der Waals surface area contributed by atoms with E-state index in [1.807, 2.05) is 37.3 Å². The van der Waals surface area contributed by atoms with E-state index in [4.69, 9.17) is 0 Å². The van der Waals surface area contributed by atoms with E-state index in [0.29, 0.717) is 0 Å². The molecule has 3 nitrogen and oxygen atoms in total. The van der Waals surface area contributed by atoms with Gasteiger partial charge in [-0.2, -0.15) is 0 Å². The molecule has 0 unspecified atom stereocenters. The zero-order valence-corrected chi connectivity index (χ0v) is 8.31. The van der Waals surface area contributed by atoms with Gasteiger partial charge in [0, 0.05) is 6.07 Å². The third kappa shape index (κ3) is 1.09. The highest BCUT2D eigenvalue weighted by molar-refractivity contribution is 5.81. The molecule has 15 heavy (non-hydrogen) atoms. The van der Waals surface area contributed by atoms with Gasteiger partial charge in [-0.3, -0.25) is 4.40 Å². The molecule has 2 heterocycles. The van der Waals surface area contributed by atoms with Gasteiger partial charge in [-0.1, -0.05) is 12.1 Å². The first-order valence-corrected chi connectivity index (χ1v) is 4.82. The summed E-state index contributed by atoms with van der Waals surface area (Å²) in [5, 5.41) is 9.86. The average molecular weight is 198 g/mol. The molecule has 74 valence electrons. The topological polar surface area (TPSA) is 37.5 Å². The summed E-state index contributed by atoms with van der Waals surface area (Å²) in [4.78, 5) is 4.44. The first-order chi connectivity index (χ1) is 7.25. The van der Waals surface area contributed by atoms with Gasteiger partial charge in [0.2, 0.25) is 0 Å². The van der Waals surface area contributed by atoms with Crippen LogP contribution in [0.2, 0.25) is 0 Å². The number of benzene rings is 1. The Morgan fingerprint density at radius 2 is 2.00 bits per heavy atom. The Morgan fingerprint density at radius 1 is 1.20 bits per heavy atom. The maximum absolute atomic E-state index is 9.86. The average Bonchev–Trinajstić information content (AvgIpc) is 2.54. The van der Waals surface area contributed by atoms with Gasteiger partial charge in [0.05, 0.1) is 11.0 Å². The van der Waals surface area contributed by atoms with E-state index in [0.717, 1.165) is 22.2 Å². The summed E-state index contributed by atoms with van der Waals surface area (Å²) in [6.45, 7) is 1.94. The van der Waals surface area contributed by atoms with Crippen molar-refractivity contribution in [1.29, 1.82) is 0 Å². The van der Waals surface area contributed by atoms with Gasteiger partial charge in [0.25, 0.3) is 0 Å². The molecule has 0 atom stereocenters. The fourth-order valence-electron chi connectivity index (χ4n) is 1.90. The highest BCUT2D eigenvalue weighted by atomic mass is 16.3. The molecule has 0 aliphatic heterocycles. The lowest BCUT2D eigenvalue weighted by Crippen LogP contribution is -1.86. The molecule has 0 bridgehead atoms. The molecule has 0 spiro atoms. The van der Waals surface area contributed by atoms with Crippen LogP contribution in [-0.2, 0) is 0 Å². The Kier molecular flexibility index (Phi) is 1.51. The van der Waals surface area contributed by atoms with Crippen LogP contribution in [0.3, 0.4) is 0 Å². The summed E-state index contributed by atoms with van der Waals surface area (Å²) in [7, 11) is 0. The number of imidazole rings is 1. The highest BCUT2D eigenvalue weighted by Gasteiger charge is 2.07. The van der Waals surface area contributed by atoms with E-state index in [9.17, 15) is 5.11 Å². The number of pyridine rings is 1. The van der Waals surface area contributed by atoms with Crippen LogP contribution < -0.4 is 0 Å². The number of fused-ring (bicyclic) bond motifs is 3. The molecular formula is C12H10N2O. The zero-order valence-electron chi connectivity index (χ0n) is 8.31. The molecule has 1 N–H and O–H groups in total. The van der Waals surface area contributed by atoms with Crippen molar-refractivity contribution in [3.05, 3.63) is 42.0 Å². The van der Waals surface area contributed by atoms with Crippen LogP contribution in [0.15, 0.2) is 36.4 Å². The van der Waals surface area contributed by atoms with Crippen LogP contribution in [0.4, 0.5) is 0 Å². The van der Waals surface area contributed by atoms with Crippen molar-refractivity contribution in [2.24, 2.45) is 0 Å². The second-order valence-corrected chi connectivity index (χ2v) is 3.69. The molecule has 0 amide bonds. The third-order valence-electron chi connectivity index (χ3n) is 2.53. The summed E-state index contributed by atoms with van der Waals surface area (Å²) in [6, 6.07) is 11.5. The molecule has 0 aliphatic carbocycles. The minimum absolute atomic E-state index is 0.235. The fraction of sp³-hybridized carbons (Fsp3) is 0.0833. The molecule has 3 rings (SSSR count). The predicted octanol–water partition coefficient (Wildman–Crippen LogP) is 2.50. The summed E-state index contributed by atoms with van der Waals surface area (Å²) < 4.78 is 1.75. The van der Waals surface area contributed by atoms with Crippen LogP contribution in [0.25, 0.3) is 16.7 Å². The molecule has 3 aromatic rings. The number of aryl methyl sites for hydroxylation is 1. The van der Waals surface area contributed by atoms with Gasteiger partial charge in [-0.15, -0.1) is 0 Å². The maximum Gasteiger partial charge on any atom is 0.197 e. The molecule has 1 aromatic carbocycles. The number of para-hydroxylation sites is 2. The van der Waals surface area contributed by atoms with Crippen LogP contribution in [0.1, 0.15) is 5.56 Å². The van der Waals surface area contributed by atoms with Crippen LogP contribution in [-0.4, -0.2) is 14.5 Å². The SMILES string of the molecule is Cc1cc(O)n2c(c1)nc1ccccc12. The minimum Gasteiger partial charge on any atom is -0.494 e. The number of rotatable bonds is 0. The van der Waals surface area contributed by atoms with Crippen molar-refractivity contribution >= 4 is 16.7 Å². The van der Waals surface area contributed by atoms with E-state index in [2.05, 4.69) is 4.98 Å². The smallest absolute Gasteiger partial charge is 0.197 e. The van der Waals surface area contributed by atoms with Crippen molar-refractivity contribution in [3.8, 4) is 5.88 Å². The normalized spacial score (nSPS) is 11.3. The van der Waals surface area contributed by atoms with Gasteiger partial charge < -0.3 is 5.11 Å². The van der Waals surface area contributed by atoms with E-state index < -0.39 is 0 Å². The van der Waals surface area contributed by atoms with Gasteiger partial charge >= 0.3 is 0 Å². The van der Waals surface area contributed by atoms with E-state index in [-0.39, 0.29) is 5.88 Å². The number of nitrogens with zero attached hydrogens (tertiary/aromatic N) is 2. The quantitative estimate of drug-likeness (QED) is 0.602. The van der Waals surface area contributed by atoms with Crippen molar-refractivity contribution in [2.45, 2.75) is 6.92 Å². The Hall–Kier alpha value is -2.03. The van der Waals surface area contributed by atoms with Gasteiger partial charge in [0.1, 0.15) is 5.65 Å². The Labute approximate surface area is 86.6 Å². The van der Waals surface area contributed by atoms with Gasteiger partial charge in [-0.25, -0.2) is 4.98 Å². The lowest BCUT2D eigenvalue weighted by molar-refractivity contribution is 0.448. The number of hydrogen-bond donors (Lipinski definition) is 1. The third-order valence-corrected chi connectivity index (χ3v) is 2.53. The van der Waals surface area contributed by atoms with E-state index >= 15 is 0 Å². The van der Waals surface area contributed by atoms with Crippen LogP contribution in [0.5, 0.6) is 5.88 Å². The van der Waals surface area contributed by atoms with Crippen LogP contribution in [0, 0.1) is 6.92 Å². The molecule has 0 saturated heterocycles. The molecule has 0 aliphatic rings. The number of aromatic nitrogens is 2. The number of aromatic hydroxyl groups is 1. The van der Waals surface area contributed by atoms with Gasteiger partial charge in [-0.05, 0) is 30.7 Å². The molecular weight excluding hydrogens is 188 g/mol. The fourth-order valence-corrected chi connectivity index (χ4v) is 1.90. The molecule has 0 radical (unpaired) electrons. The molecule has 0 saturated carbocycles. The summed E-state index contributed by atoms with van der Waals surface area (Å²) in [5.41, 5.74) is 3.63. The van der Waals surface area contributed by atoms with Crippen molar-refractivity contribution in [2.75, 3.05) is 0 Å². The van der Waals surface area contributed by atoms with Crippen molar-refractivity contribution in [3.63, 3.8) is 0 Å². The van der Waals surface area contributed by atoms with Crippen molar-refractivity contribution < 1.29 is 5.11 Å². The predicted molar refractivity (Wildman–Crippen MR) is 59.1 cm³/mol. The lowest BCUT2D eigenvalue weighted by atomic mass is 10.3. The lowest BCUT2D eigenvalue weighted by Gasteiger charge is -2.00. The molecule has 3 heteroatoms. The Bertz CT molecular complexity index is 655. The Balaban J connectivity index is 2.61. The second-order valence-electron chi connectivity index (χ2n) is 3.69. The first kappa shape index (κ1) is 8.29. The Morgan fingerprint density at radius 3 is 2.87 bits per heavy atom. The molecule has 2 aromatic heterocycles. The van der Waals surface area contributed by atoms with Crippen molar-refractivity contribution in [1.82, 2.24) is 9.38 Å². The number of hydrogen-bond acceptors (Lipinski definition) is 2. The largest absolute Gasteiger partial charge is 0.494 e. The maximum atomic E-state index is 9.86. The minimum atomic E-state index is 0.235. The second kappa shape index (κ2) is 2.73. The summed E-state index contributed by atoms with van der Waals surface area (Å²) >= 11 is 0. The zero-order chi connectivity index (χ0) is 10.4. The monoisotopic (exact) mass is 198 g/mol. The first-order valence-electron chi connectivity index (χ1n) is 4.82. The standard InChI is InChI=1S/C12H10N2O/c1-8-6-11-13-9-4-2-3-5-10(9)14(11)12(15)7-8/h2-7,15H,1H3. The molecule has 0 fully saturated rings. The summed E-state index contributed by atoms with van der Waals surface area (Å²) in [6.07, 6.45) is 0. The van der Waals surface area contributed by atoms with Crippen LogP contribution >= 0.6 is 0 Å². The van der Waals surface area contributed by atoms with E-state index in [1.165, 1.54) is 0 Å². The highest BCUT2D eigenvalue weighted by Crippen LogP contribution is 2.23. The van der Waals surface area contributed by atoms with E-state index in [1.54, 1.807) is 10.5 Å².